The summed E-state index contributed by atoms with van der Waals surface area (Å²) in [6.07, 6.45) is 0.199. The fourth-order valence-electron chi connectivity index (χ4n) is 2.54. The van der Waals surface area contributed by atoms with Crippen LogP contribution in [0.25, 0.3) is 0 Å². The molecule has 0 unspecified atom stereocenters. The molecule has 25 heavy (non-hydrogen) atoms. The molecule has 0 aromatic heterocycles. The number of rotatable bonds is 6. The summed E-state index contributed by atoms with van der Waals surface area (Å²) in [7, 11) is -2.15. The Morgan fingerprint density at radius 3 is 2.40 bits per heavy atom. The molecule has 2 rings (SSSR count). The predicted octanol–water partition coefficient (Wildman–Crippen LogP) is 2.07. The summed E-state index contributed by atoms with van der Waals surface area (Å²) < 4.78 is 27.8. The zero-order valence-corrected chi connectivity index (χ0v) is 15.3. The van der Waals surface area contributed by atoms with E-state index in [2.05, 4.69) is 5.32 Å². The highest BCUT2D eigenvalue weighted by Gasteiger charge is 2.14. The van der Waals surface area contributed by atoms with Gasteiger partial charge in [0.15, 0.2) is 0 Å². The van der Waals surface area contributed by atoms with Crippen LogP contribution in [0.15, 0.2) is 47.4 Å². The third-order valence-corrected chi connectivity index (χ3v) is 4.80. The number of ether oxygens (including phenoxy) is 1. The van der Waals surface area contributed by atoms with E-state index in [0.717, 1.165) is 16.7 Å². The van der Waals surface area contributed by atoms with E-state index >= 15 is 0 Å². The molecule has 3 N–H and O–H groups in total. The van der Waals surface area contributed by atoms with E-state index in [1.54, 1.807) is 19.2 Å². The Morgan fingerprint density at radius 1 is 1.20 bits per heavy atom. The first kappa shape index (κ1) is 19.0. The van der Waals surface area contributed by atoms with Gasteiger partial charge in [-0.05, 0) is 37.6 Å². The molecule has 2 aromatic rings. The molecule has 7 heteroatoms. The summed E-state index contributed by atoms with van der Waals surface area (Å²) in [5.41, 5.74) is 2.66. The molecule has 0 aliphatic carbocycles. The third-order valence-electron chi connectivity index (χ3n) is 3.87. The molecule has 0 heterocycles. The molecule has 0 aliphatic rings. The lowest BCUT2D eigenvalue weighted by atomic mass is 10.1. The number of aryl methyl sites for hydroxylation is 1. The SMILES string of the molecule is COc1ccc(C)cc1CC(=O)N[C@H](C)c1ccc(S(N)(=O)=O)cc1. The molecule has 0 fully saturated rings. The van der Waals surface area contributed by atoms with Crippen LogP contribution in [0.4, 0.5) is 0 Å². The normalized spacial score (nSPS) is 12.5. The van der Waals surface area contributed by atoms with Gasteiger partial charge in [-0.3, -0.25) is 4.79 Å². The van der Waals surface area contributed by atoms with Crippen LogP contribution in [0, 0.1) is 6.92 Å². The number of primary sulfonamides is 1. The predicted molar refractivity (Wildman–Crippen MR) is 95.8 cm³/mol. The van der Waals surface area contributed by atoms with Crippen molar-refractivity contribution in [2.75, 3.05) is 7.11 Å². The first-order chi connectivity index (χ1) is 11.7. The largest absolute Gasteiger partial charge is 0.496 e. The van der Waals surface area contributed by atoms with Crippen LogP contribution >= 0.6 is 0 Å². The molecule has 0 radical (unpaired) electrons. The topological polar surface area (TPSA) is 98.5 Å². The minimum absolute atomic E-state index is 0.0410. The van der Waals surface area contributed by atoms with E-state index in [4.69, 9.17) is 9.88 Å². The van der Waals surface area contributed by atoms with Gasteiger partial charge in [0.2, 0.25) is 15.9 Å². The monoisotopic (exact) mass is 362 g/mol. The van der Waals surface area contributed by atoms with Crippen molar-refractivity contribution in [2.45, 2.75) is 31.2 Å². The van der Waals surface area contributed by atoms with E-state index in [1.165, 1.54) is 12.1 Å². The zero-order valence-electron chi connectivity index (χ0n) is 14.4. The molecule has 0 saturated carbocycles. The lowest BCUT2D eigenvalue weighted by molar-refractivity contribution is -0.121. The molecule has 2 aromatic carbocycles. The molecular weight excluding hydrogens is 340 g/mol. The van der Waals surface area contributed by atoms with Crippen molar-refractivity contribution < 1.29 is 17.9 Å². The summed E-state index contributed by atoms with van der Waals surface area (Å²) in [5.74, 6) is 0.526. The number of benzene rings is 2. The minimum atomic E-state index is -3.72. The molecule has 6 nitrogen and oxygen atoms in total. The standard InChI is InChI=1S/C18H22N2O4S/c1-12-4-9-17(24-3)15(10-12)11-18(21)20-13(2)14-5-7-16(8-6-14)25(19,22)23/h4-10,13H,11H2,1-3H3,(H,20,21)(H2,19,22,23)/t13-/m1/s1. The molecular formula is C18H22N2O4S. The maximum atomic E-state index is 12.3. The quantitative estimate of drug-likeness (QED) is 0.822. The average Bonchev–Trinajstić information content (AvgIpc) is 2.54. The van der Waals surface area contributed by atoms with Crippen LogP contribution in [0.5, 0.6) is 5.75 Å². The highest BCUT2D eigenvalue weighted by Crippen LogP contribution is 2.21. The molecule has 1 atom stereocenters. The van der Waals surface area contributed by atoms with Gasteiger partial charge in [-0.2, -0.15) is 0 Å². The average molecular weight is 362 g/mol. The zero-order chi connectivity index (χ0) is 18.6. The number of carbonyl (C=O) groups excluding carboxylic acids is 1. The van der Waals surface area contributed by atoms with Crippen molar-refractivity contribution in [1.29, 1.82) is 0 Å². The van der Waals surface area contributed by atoms with Crippen molar-refractivity contribution in [3.05, 3.63) is 59.2 Å². The van der Waals surface area contributed by atoms with Crippen molar-refractivity contribution in [2.24, 2.45) is 5.14 Å². The van der Waals surface area contributed by atoms with Crippen LogP contribution in [0.3, 0.4) is 0 Å². The molecule has 0 bridgehead atoms. The second kappa shape index (κ2) is 7.67. The fourth-order valence-corrected chi connectivity index (χ4v) is 3.06. The van der Waals surface area contributed by atoms with E-state index in [0.29, 0.717) is 5.75 Å². The highest BCUT2D eigenvalue weighted by atomic mass is 32.2. The Kier molecular flexibility index (Phi) is 5.81. The van der Waals surface area contributed by atoms with Gasteiger partial charge >= 0.3 is 0 Å². The third kappa shape index (κ3) is 5.04. The van der Waals surface area contributed by atoms with Gasteiger partial charge in [0.25, 0.3) is 0 Å². The summed E-state index contributed by atoms with van der Waals surface area (Å²) in [6, 6.07) is 11.6. The number of methoxy groups -OCH3 is 1. The van der Waals surface area contributed by atoms with Gasteiger partial charge in [-0.25, -0.2) is 13.6 Å². The number of hydrogen-bond acceptors (Lipinski definition) is 4. The maximum absolute atomic E-state index is 12.3. The van der Waals surface area contributed by atoms with Gasteiger partial charge in [-0.1, -0.05) is 29.8 Å². The molecule has 1 amide bonds. The fraction of sp³-hybridized carbons (Fsp3) is 0.278. The smallest absolute Gasteiger partial charge is 0.238 e. The van der Waals surface area contributed by atoms with E-state index in [1.807, 2.05) is 32.0 Å². The molecule has 0 aliphatic heterocycles. The van der Waals surface area contributed by atoms with Crippen LogP contribution < -0.4 is 15.2 Å². The van der Waals surface area contributed by atoms with Crippen LogP contribution in [0.1, 0.15) is 29.7 Å². The van der Waals surface area contributed by atoms with Gasteiger partial charge in [-0.15, -0.1) is 0 Å². The summed E-state index contributed by atoms with van der Waals surface area (Å²) in [6.45, 7) is 3.79. The number of amides is 1. The van der Waals surface area contributed by atoms with Gasteiger partial charge in [0, 0.05) is 5.56 Å². The summed E-state index contributed by atoms with van der Waals surface area (Å²) >= 11 is 0. The van der Waals surface area contributed by atoms with Crippen LogP contribution in [-0.4, -0.2) is 21.4 Å². The van der Waals surface area contributed by atoms with Crippen molar-refractivity contribution >= 4 is 15.9 Å². The highest BCUT2D eigenvalue weighted by molar-refractivity contribution is 7.89. The van der Waals surface area contributed by atoms with Crippen LogP contribution in [0.2, 0.25) is 0 Å². The van der Waals surface area contributed by atoms with Gasteiger partial charge in [0.05, 0.1) is 24.5 Å². The van der Waals surface area contributed by atoms with Crippen molar-refractivity contribution in [3.63, 3.8) is 0 Å². The lowest BCUT2D eigenvalue weighted by Crippen LogP contribution is -2.28. The summed E-state index contributed by atoms with van der Waals surface area (Å²) in [5, 5.41) is 7.98. The van der Waals surface area contributed by atoms with Gasteiger partial charge in [0.1, 0.15) is 5.75 Å². The van der Waals surface area contributed by atoms with E-state index < -0.39 is 10.0 Å². The number of nitrogens with one attached hydrogen (secondary N) is 1. The summed E-state index contributed by atoms with van der Waals surface area (Å²) in [4.78, 5) is 12.4. The van der Waals surface area contributed by atoms with Crippen molar-refractivity contribution in [3.8, 4) is 5.75 Å². The molecule has 134 valence electrons. The van der Waals surface area contributed by atoms with Gasteiger partial charge < -0.3 is 10.1 Å². The second-order valence-electron chi connectivity index (χ2n) is 5.90. The van der Waals surface area contributed by atoms with E-state index in [-0.39, 0.29) is 23.3 Å². The first-order valence-electron chi connectivity index (χ1n) is 7.76. The Morgan fingerprint density at radius 2 is 1.84 bits per heavy atom. The Labute approximate surface area is 148 Å². The number of carbonyl (C=O) groups is 1. The number of hydrogen-bond donors (Lipinski definition) is 2. The number of sulfonamides is 1. The first-order valence-corrected chi connectivity index (χ1v) is 9.31. The maximum Gasteiger partial charge on any atom is 0.238 e. The Bertz CT molecular complexity index is 861. The lowest BCUT2D eigenvalue weighted by Gasteiger charge is -2.16. The minimum Gasteiger partial charge on any atom is -0.496 e. The second-order valence-corrected chi connectivity index (χ2v) is 7.46. The molecule has 0 saturated heterocycles. The van der Waals surface area contributed by atoms with E-state index in [9.17, 15) is 13.2 Å². The van der Waals surface area contributed by atoms with Crippen molar-refractivity contribution in [1.82, 2.24) is 5.32 Å². The molecule has 0 spiro atoms. The Balaban J connectivity index is 2.06. The number of nitrogens with two attached hydrogens (primary N) is 1. The Hall–Kier alpha value is -2.38. The van der Waals surface area contributed by atoms with Crippen LogP contribution in [-0.2, 0) is 21.2 Å².